The third kappa shape index (κ3) is 22.9. The molecule has 5 aliphatic rings. The molecule has 1 saturated carbocycles. The average molecular weight is 2130 g/mol. The maximum Gasteiger partial charge on any atom is 0.416 e. The number of carbonyl (C=O) groups is 1. The zero-order chi connectivity index (χ0) is 109. The fourth-order valence-corrected chi connectivity index (χ4v) is 24.5. The van der Waals surface area contributed by atoms with Crippen LogP contribution in [0.15, 0.2) is 163 Å². The van der Waals surface area contributed by atoms with Gasteiger partial charge in [0.2, 0.25) is 30.1 Å². The summed E-state index contributed by atoms with van der Waals surface area (Å²) < 4.78 is 225. The van der Waals surface area contributed by atoms with Gasteiger partial charge in [-0.1, -0.05) is 43.3 Å². The molecule has 33 nitrogen and oxygen atoms in total. The Morgan fingerprint density at radius 2 is 0.773 bits per heavy atom. The number of non-ortho nitro benzene ring substituents is 2. The molecule has 0 spiro atoms. The number of fused-ring (bicyclic) bond motifs is 5. The maximum absolute atomic E-state index is 13.2. The van der Waals surface area contributed by atoms with Crippen LogP contribution in [0, 0.1) is 76.9 Å². The molecule has 13 aromatic rings. The van der Waals surface area contributed by atoms with Crippen molar-refractivity contribution in [1.29, 1.82) is 26.3 Å². The number of hydrogen-bond acceptors (Lipinski definition) is 23. The van der Waals surface area contributed by atoms with Gasteiger partial charge in [0, 0.05) is 211 Å². The van der Waals surface area contributed by atoms with Gasteiger partial charge in [-0.15, -0.1) is 0 Å². The molecule has 0 atom stereocenters. The van der Waals surface area contributed by atoms with E-state index < -0.39 is 75.1 Å². The van der Waals surface area contributed by atoms with E-state index in [1.54, 1.807) is 87.4 Å². The second-order valence-electron chi connectivity index (χ2n) is 35.8. The Hall–Kier alpha value is -14.6. The molecule has 1 aliphatic carbocycles. The summed E-state index contributed by atoms with van der Waals surface area (Å²) in [5.74, 6) is 2.89. The Morgan fingerprint density at radius 1 is 0.420 bits per heavy atom. The van der Waals surface area contributed by atoms with E-state index in [0.29, 0.717) is 237 Å². The zero-order valence-electron chi connectivity index (χ0n) is 83.7. The van der Waals surface area contributed by atoms with Gasteiger partial charge in [0.05, 0.1) is 125 Å². The highest BCUT2D eigenvalue weighted by molar-refractivity contribution is 7.90. The van der Waals surface area contributed by atoms with Gasteiger partial charge < -0.3 is 51.7 Å². The van der Waals surface area contributed by atoms with E-state index in [1.165, 1.54) is 62.3 Å². The van der Waals surface area contributed by atoms with Crippen molar-refractivity contribution in [2.75, 3.05) is 139 Å². The molecule has 0 amide bonds. The number of hydrogen-bond donors (Lipinski definition) is 0. The first-order valence-corrected chi connectivity index (χ1v) is 53.5. The lowest BCUT2D eigenvalue weighted by Crippen LogP contribution is -2.50. The standard InChI is InChI=1S/C24H26N4O4.C22H21F3N4O2S.C21H19N3O4.C19H21F3N4O2S.C19H23F3N4O2S/c1-3-27-22-14-23(32-4-2)18(16-26-9-11-31-12-10-26)13-20(22)21(15-25)24(27)17-5-7-19(8-6-17)28(29)30;1-2-29-20-14-16(22(23,24)25)8-9-18(20)19(15-26)21(29)27-10-12-28(13-11-27)32(30,31)17-6-4-3-5-7-17;1-4-23-19-11-20(28-5-2)16(13(3)25)10-17(19)18(12-22)21(23)14-6-8-15(9-7-14)24(26)27;1-2-26-17-11-13(19(20,21)22)3-6-15(17)16(12-23)18(26)24-7-9-25(10-8-24)29(27,28)14-4-5-14;1-3-11-29(27,28)25-9-7-24(8-10-25)18-16(13-23)15-6-5-14(19(20,21)22)12-17(15)26(18)4-2/h5-8,13-14H,3-4,9-12,16H2,1-2H3;3-9,14H,2,10-13H2,1H3;6-11H,4-5H2,1-3H3;3,6,11,14H,2,4-5,7-10H2,1H3;5-6,12H,3-4,7-11H2,1-2H3. The maximum atomic E-state index is 13.2. The van der Waals surface area contributed by atoms with Crippen molar-refractivity contribution >= 4 is 119 Å². The fourth-order valence-electron chi connectivity index (χ4n) is 19.7. The van der Waals surface area contributed by atoms with Gasteiger partial charge in [0.1, 0.15) is 76.0 Å². The number of carbonyl (C=O) groups excluding carboxylic acids is 1. The van der Waals surface area contributed by atoms with Gasteiger partial charge >= 0.3 is 18.5 Å². The molecule has 0 N–H and O–H groups in total. The van der Waals surface area contributed by atoms with E-state index in [1.807, 2.05) is 73.8 Å². The Balaban J connectivity index is 0.000000148. The normalized spacial score (nSPS) is 15.2. The summed E-state index contributed by atoms with van der Waals surface area (Å²) in [6, 6.07) is 49.4. The number of aromatic nitrogens is 5. The number of morpholine rings is 1. The van der Waals surface area contributed by atoms with E-state index in [0.717, 1.165) is 95.0 Å². The minimum Gasteiger partial charge on any atom is -0.493 e. The molecule has 18 rings (SSSR count). The number of nitriles is 5. The molecule has 4 saturated heterocycles. The molecule has 45 heteroatoms. The summed E-state index contributed by atoms with van der Waals surface area (Å²) in [5.41, 5.74) is 6.81. The number of nitro benzene ring substituents is 2. The van der Waals surface area contributed by atoms with Crippen LogP contribution in [-0.2, 0) is 92.6 Å². The van der Waals surface area contributed by atoms with Crippen LogP contribution in [0.4, 0.5) is 68.3 Å². The van der Waals surface area contributed by atoms with Crippen LogP contribution in [0.25, 0.3) is 77.0 Å². The number of ether oxygens (including phenoxy) is 3. The van der Waals surface area contributed by atoms with E-state index in [2.05, 4.69) is 45.9 Å². The number of benzene rings is 8. The lowest BCUT2D eigenvalue weighted by atomic mass is 10.0. The van der Waals surface area contributed by atoms with Gasteiger partial charge in [-0.25, -0.2) is 25.3 Å². The lowest BCUT2D eigenvalue weighted by Gasteiger charge is -2.36. The molecule has 150 heavy (non-hydrogen) atoms. The minimum atomic E-state index is -4.48. The van der Waals surface area contributed by atoms with Gasteiger partial charge in [-0.2, -0.15) is 78.7 Å². The van der Waals surface area contributed by atoms with Crippen molar-refractivity contribution < 1.29 is 93.6 Å². The van der Waals surface area contributed by atoms with E-state index in [9.17, 15) is 116 Å². The third-order valence-electron chi connectivity index (χ3n) is 27.0. The highest BCUT2D eigenvalue weighted by atomic mass is 32.2. The van der Waals surface area contributed by atoms with Crippen LogP contribution in [-0.4, -0.2) is 211 Å². The summed E-state index contributed by atoms with van der Waals surface area (Å²) in [7, 11) is -10.2. The van der Waals surface area contributed by atoms with E-state index in [4.69, 9.17) is 14.2 Å². The van der Waals surface area contributed by atoms with Gasteiger partial charge in [-0.3, -0.25) is 29.9 Å². The number of rotatable bonds is 26. The summed E-state index contributed by atoms with van der Waals surface area (Å²) in [4.78, 5) is 41.4. The molecular weight excluding hydrogens is 2020 g/mol. The quantitative estimate of drug-likeness (QED) is 0.0210. The number of nitro groups is 2. The van der Waals surface area contributed by atoms with Crippen molar-refractivity contribution in [3.63, 3.8) is 0 Å². The summed E-state index contributed by atoms with van der Waals surface area (Å²) in [5, 5.41) is 73.8. The summed E-state index contributed by atoms with van der Waals surface area (Å²) >= 11 is 0. The predicted octanol–water partition coefficient (Wildman–Crippen LogP) is 19.7. The predicted molar refractivity (Wildman–Crippen MR) is 550 cm³/mol. The Kier molecular flexibility index (Phi) is 34.2. The number of nitrogens with zero attached hydrogens (tertiary/aromatic N) is 19. The summed E-state index contributed by atoms with van der Waals surface area (Å²) in [6.07, 6.45) is -11.5. The Bertz CT molecular complexity index is 7860. The Labute approximate surface area is 860 Å². The second kappa shape index (κ2) is 46.3. The molecule has 0 unspecified atom stereocenters. The van der Waals surface area contributed by atoms with Crippen LogP contribution in [0.1, 0.15) is 142 Å². The first kappa shape index (κ1) is 111. The first-order valence-electron chi connectivity index (χ1n) is 48.9. The molecule has 5 aromatic heterocycles. The van der Waals surface area contributed by atoms with Crippen molar-refractivity contribution in [2.24, 2.45) is 0 Å². The number of halogens is 9. The first-order chi connectivity index (χ1) is 71.5. The number of anilines is 3. The zero-order valence-corrected chi connectivity index (χ0v) is 86.2. The molecule has 0 radical (unpaired) electrons. The molecular formula is C105H110F9N19O14S3. The average Bonchev–Trinajstić information content (AvgIpc) is 1.61. The van der Waals surface area contributed by atoms with E-state index >= 15 is 0 Å². The lowest BCUT2D eigenvalue weighted by molar-refractivity contribution is -0.385. The van der Waals surface area contributed by atoms with Crippen molar-refractivity contribution in [3.05, 3.63) is 234 Å². The highest BCUT2D eigenvalue weighted by Crippen LogP contribution is 2.46. The van der Waals surface area contributed by atoms with Crippen LogP contribution >= 0.6 is 0 Å². The number of piperazine rings is 3. The van der Waals surface area contributed by atoms with Crippen LogP contribution in [0.2, 0.25) is 0 Å². The number of ketones is 1. The highest BCUT2D eigenvalue weighted by Gasteiger charge is 2.44. The van der Waals surface area contributed by atoms with Crippen molar-refractivity contribution in [2.45, 2.75) is 150 Å². The van der Waals surface area contributed by atoms with Crippen molar-refractivity contribution in [1.82, 2.24) is 40.7 Å². The minimum absolute atomic E-state index is 0.0149. The number of aryl methyl sites for hydroxylation is 5. The number of Topliss-reactive ketones (excluding diaryl/α,β-unsaturated/α-hetero) is 1. The molecule has 8 aromatic carbocycles. The second-order valence-corrected chi connectivity index (χ2v) is 42.0. The molecule has 790 valence electrons. The van der Waals surface area contributed by atoms with Gasteiger partial charge in [-0.05, 0) is 160 Å². The molecule has 4 aliphatic heterocycles. The van der Waals surface area contributed by atoms with Crippen molar-refractivity contribution in [3.8, 4) is 64.4 Å². The summed E-state index contributed by atoms with van der Waals surface area (Å²) in [6.45, 7) is 27.5. The third-order valence-corrected chi connectivity index (χ3v) is 33.4. The topological polar surface area (TPSA) is 400 Å². The van der Waals surface area contributed by atoms with Gasteiger partial charge in [0.15, 0.2) is 5.78 Å². The largest absolute Gasteiger partial charge is 0.493 e. The number of alkyl halides is 9. The molecule has 9 heterocycles. The van der Waals surface area contributed by atoms with Gasteiger partial charge in [0.25, 0.3) is 11.4 Å². The molecule has 5 fully saturated rings. The fraction of sp³-hybridized carbons (Fsp3) is 0.390. The van der Waals surface area contributed by atoms with Crippen LogP contribution < -0.4 is 24.2 Å². The monoisotopic (exact) mass is 2130 g/mol. The van der Waals surface area contributed by atoms with E-state index in [-0.39, 0.29) is 59.2 Å². The smallest absolute Gasteiger partial charge is 0.416 e. The van der Waals surface area contributed by atoms with Crippen LogP contribution in [0.5, 0.6) is 11.5 Å². The molecule has 0 bridgehead atoms. The SMILES string of the molecule is CCCS(=O)(=O)N1CCN(c2c(C#N)c3ccc(C(F)(F)F)cc3n2CC)CC1.CCOc1cc2c(cc1C(C)=O)c(C#N)c(-c1ccc([N+](=O)[O-])cc1)n2CC.CCOc1cc2c(cc1CN1CCOCC1)c(C#N)c(-c1ccc([N+](=O)[O-])cc1)n2CC.CCn1c(N2CCN(S(=O)(=O)C3CC3)CC2)c(C#N)c2ccc(C(F)(F)F)cc21.CCn1c(N2CCN(S(=O)(=O)c3ccccc3)CC2)c(C#N)c2ccc(C(F)(F)F)cc21. The number of sulfonamides is 3. The Morgan fingerprint density at radius 3 is 1.11 bits per heavy atom. The van der Waals surface area contributed by atoms with Crippen LogP contribution in [0.3, 0.4) is 0 Å².